The summed E-state index contributed by atoms with van der Waals surface area (Å²) < 4.78 is 0. The first kappa shape index (κ1) is 14.9. The van der Waals surface area contributed by atoms with Gasteiger partial charge >= 0.3 is 0 Å². The molecule has 1 aromatic heterocycles. The molecule has 1 nitrogen and oxygen atoms in total. The zero-order valence-corrected chi connectivity index (χ0v) is 13.4. The molecule has 0 amide bonds. The van der Waals surface area contributed by atoms with Crippen LogP contribution in [-0.4, -0.2) is 6.54 Å². The van der Waals surface area contributed by atoms with Crippen LogP contribution in [-0.2, 0) is 0 Å². The van der Waals surface area contributed by atoms with Crippen LogP contribution in [0.15, 0.2) is 30.3 Å². The van der Waals surface area contributed by atoms with Gasteiger partial charge in [-0.2, -0.15) is 0 Å². The van der Waals surface area contributed by atoms with Crippen LogP contribution in [0.1, 0.15) is 31.2 Å². The molecular weight excluding hydrogens is 297 g/mol. The summed E-state index contributed by atoms with van der Waals surface area (Å²) in [4.78, 5) is 2.59. The number of hydrogen-bond donors (Lipinski definition) is 1. The second kappa shape index (κ2) is 6.76. The van der Waals surface area contributed by atoms with E-state index in [1.165, 1.54) is 9.75 Å². The van der Waals surface area contributed by atoms with Crippen LogP contribution in [0.5, 0.6) is 0 Å². The van der Waals surface area contributed by atoms with Crippen molar-refractivity contribution >= 4 is 34.5 Å². The van der Waals surface area contributed by atoms with Gasteiger partial charge in [-0.15, -0.1) is 11.3 Å². The highest BCUT2D eigenvalue weighted by molar-refractivity contribution is 7.15. The molecule has 0 bridgehead atoms. The highest BCUT2D eigenvalue weighted by Gasteiger charge is 2.12. The Morgan fingerprint density at radius 1 is 1.11 bits per heavy atom. The summed E-state index contributed by atoms with van der Waals surface area (Å²) in [5.74, 6) is 0. The van der Waals surface area contributed by atoms with Gasteiger partial charge in [0.05, 0.1) is 10.0 Å². The lowest BCUT2D eigenvalue weighted by Gasteiger charge is -2.13. The van der Waals surface area contributed by atoms with Crippen LogP contribution in [0.3, 0.4) is 0 Å². The fourth-order valence-corrected chi connectivity index (χ4v) is 3.50. The molecule has 1 heterocycles. The minimum atomic E-state index is 0.437. The first-order valence-electron chi connectivity index (χ1n) is 6.44. The average molecular weight is 314 g/mol. The van der Waals surface area contributed by atoms with Gasteiger partial charge in [0.2, 0.25) is 0 Å². The largest absolute Gasteiger partial charge is 0.310 e. The Morgan fingerprint density at radius 2 is 1.89 bits per heavy atom. The van der Waals surface area contributed by atoms with E-state index in [0.717, 1.165) is 18.5 Å². The molecule has 1 unspecified atom stereocenters. The maximum atomic E-state index is 6.07. The molecule has 1 N–H and O–H groups in total. The molecule has 0 saturated heterocycles. The molecule has 0 spiro atoms. The molecule has 1 atom stereocenters. The van der Waals surface area contributed by atoms with Crippen LogP contribution < -0.4 is 5.32 Å². The predicted octanol–water partition coefficient (Wildman–Crippen LogP) is 5.78. The Kier molecular flexibility index (Phi) is 5.28. The minimum absolute atomic E-state index is 0.437. The Hall–Kier alpha value is -0.540. The highest BCUT2D eigenvalue weighted by atomic mass is 35.5. The van der Waals surface area contributed by atoms with Gasteiger partial charge in [0.15, 0.2) is 0 Å². The summed E-state index contributed by atoms with van der Waals surface area (Å²) in [5, 5.41) is 4.70. The second-order valence-electron chi connectivity index (χ2n) is 4.35. The van der Waals surface area contributed by atoms with E-state index in [1.54, 1.807) is 0 Å². The maximum absolute atomic E-state index is 6.07. The molecule has 102 valence electrons. The lowest BCUT2D eigenvalue weighted by Crippen LogP contribution is -2.18. The van der Waals surface area contributed by atoms with Gasteiger partial charge in [-0.05, 0) is 42.8 Å². The van der Waals surface area contributed by atoms with Crippen molar-refractivity contribution in [2.24, 2.45) is 0 Å². The maximum Gasteiger partial charge on any atom is 0.0598 e. The summed E-state index contributed by atoms with van der Waals surface area (Å²) in [6, 6.07) is 10.6. The standard InChI is InChI=1S/C15H17Cl2NS/c1-3-13(18-4-2)15-8-7-14(19-15)10-5-6-11(16)12(17)9-10/h5-9,13,18H,3-4H2,1-2H3. The van der Waals surface area contributed by atoms with Crippen LogP contribution >= 0.6 is 34.5 Å². The quantitative estimate of drug-likeness (QED) is 0.737. The summed E-state index contributed by atoms with van der Waals surface area (Å²) in [5.41, 5.74) is 1.12. The van der Waals surface area contributed by atoms with E-state index in [-0.39, 0.29) is 0 Å². The lowest BCUT2D eigenvalue weighted by molar-refractivity contribution is 0.545. The van der Waals surface area contributed by atoms with Crippen molar-refractivity contribution in [3.63, 3.8) is 0 Å². The number of nitrogens with one attached hydrogen (secondary N) is 1. The van der Waals surface area contributed by atoms with Gasteiger partial charge in [0.1, 0.15) is 0 Å². The van der Waals surface area contributed by atoms with E-state index < -0.39 is 0 Å². The van der Waals surface area contributed by atoms with Gasteiger partial charge in [-0.3, -0.25) is 0 Å². The van der Waals surface area contributed by atoms with E-state index >= 15 is 0 Å². The van der Waals surface area contributed by atoms with Crippen molar-refractivity contribution in [1.82, 2.24) is 5.32 Å². The Bertz CT molecular complexity index is 551. The number of rotatable bonds is 5. The van der Waals surface area contributed by atoms with Crippen LogP contribution in [0.2, 0.25) is 10.0 Å². The van der Waals surface area contributed by atoms with Gasteiger partial charge in [-0.25, -0.2) is 0 Å². The molecule has 0 aliphatic carbocycles. The lowest BCUT2D eigenvalue weighted by atomic mass is 10.1. The SMILES string of the molecule is CCNC(CC)c1ccc(-c2ccc(Cl)c(Cl)c2)s1. The molecule has 4 heteroatoms. The fourth-order valence-electron chi connectivity index (χ4n) is 2.04. The smallest absolute Gasteiger partial charge is 0.0598 e. The number of hydrogen-bond acceptors (Lipinski definition) is 2. The van der Waals surface area contributed by atoms with E-state index in [1.807, 2.05) is 29.5 Å². The number of benzene rings is 1. The minimum Gasteiger partial charge on any atom is -0.310 e. The van der Waals surface area contributed by atoms with Crippen molar-refractivity contribution < 1.29 is 0 Å². The summed E-state index contributed by atoms with van der Waals surface area (Å²) in [7, 11) is 0. The molecule has 2 rings (SSSR count). The molecule has 19 heavy (non-hydrogen) atoms. The van der Waals surface area contributed by atoms with Crippen molar-refractivity contribution in [3.8, 4) is 10.4 Å². The zero-order valence-electron chi connectivity index (χ0n) is 11.0. The third kappa shape index (κ3) is 3.51. The Balaban J connectivity index is 2.27. The molecule has 2 aromatic rings. The van der Waals surface area contributed by atoms with E-state index in [0.29, 0.717) is 16.1 Å². The van der Waals surface area contributed by atoms with Crippen molar-refractivity contribution in [2.75, 3.05) is 6.54 Å². The molecular formula is C15H17Cl2NS. The first-order chi connectivity index (χ1) is 9.15. The van der Waals surface area contributed by atoms with Gasteiger partial charge in [0.25, 0.3) is 0 Å². The number of thiophene rings is 1. The van der Waals surface area contributed by atoms with Crippen LogP contribution in [0.25, 0.3) is 10.4 Å². The molecule has 0 radical (unpaired) electrons. The normalized spacial score (nSPS) is 12.6. The first-order valence-corrected chi connectivity index (χ1v) is 8.01. The fraction of sp³-hybridized carbons (Fsp3) is 0.333. The average Bonchev–Trinajstić information content (AvgIpc) is 2.88. The van der Waals surface area contributed by atoms with Crippen molar-refractivity contribution in [3.05, 3.63) is 45.3 Å². The summed E-state index contributed by atoms with van der Waals surface area (Å²) >= 11 is 13.8. The molecule has 0 aliphatic rings. The van der Waals surface area contributed by atoms with E-state index in [2.05, 4.69) is 31.3 Å². The monoisotopic (exact) mass is 313 g/mol. The highest BCUT2D eigenvalue weighted by Crippen LogP contribution is 2.35. The van der Waals surface area contributed by atoms with Gasteiger partial charge < -0.3 is 5.32 Å². The zero-order chi connectivity index (χ0) is 13.8. The van der Waals surface area contributed by atoms with E-state index in [4.69, 9.17) is 23.2 Å². The Labute approximate surface area is 128 Å². The molecule has 1 aromatic carbocycles. The topological polar surface area (TPSA) is 12.0 Å². The molecule has 0 fully saturated rings. The summed E-state index contributed by atoms with van der Waals surface area (Å²) in [6.07, 6.45) is 1.09. The van der Waals surface area contributed by atoms with Gasteiger partial charge in [-0.1, -0.05) is 43.1 Å². The molecule has 0 aliphatic heterocycles. The number of halogens is 2. The van der Waals surface area contributed by atoms with Crippen LogP contribution in [0, 0.1) is 0 Å². The third-order valence-corrected chi connectivity index (χ3v) is 5.02. The summed E-state index contributed by atoms with van der Waals surface area (Å²) in [6.45, 7) is 5.32. The van der Waals surface area contributed by atoms with Crippen molar-refractivity contribution in [1.29, 1.82) is 0 Å². The predicted molar refractivity (Wildman–Crippen MR) is 86.5 cm³/mol. The van der Waals surface area contributed by atoms with Crippen LogP contribution in [0.4, 0.5) is 0 Å². The third-order valence-electron chi connectivity index (χ3n) is 3.03. The van der Waals surface area contributed by atoms with E-state index in [9.17, 15) is 0 Å². The Morgan fingerprint density at radius 3 is 2.53 bits per heavy atom. The molecule has 0 saturated carbocycles. The van der Waals surface area contributed by atoms with Gasteiger partial charge in [0, 0.05) is 15.8 Å². The van der Waals surface area contributed by atoms with Crippen molar-refractivity contribution in [2.45, 2.75) is 26.3 Å². The second-order valence-corrected chi connectivity index (χ2v) is 6.28.